The second kappa shape index (κ2) is 6.54. The van der Waals surface area contributed by atoms with Crippen LogP contribution in [0.25, 0.3) is 0 Å². The lowest BCUT2D eigenvalue weighted by molar-refractivity contribution is 0.0995. The van der Waals surface area contributed by atoms with E-state index in [2.05, 4.69) is 22.1 Å². The van der Waals surface area contributed by atoms with Gasteiger partial charge in [-0.2, -0.15) is 0 Å². The Bertz CT molecular complexity index is 589. The van der Waals surface area contributed by atoms with Crippen LogP contribution in [0.1, 0.15) is 36.7 Å². The third-order valence-electron chi connectivity index (χ3n) is 4.82. The van der Waals surface area contributed by atoms with Crippen LogP contribution in [0.4, 0.5) is 10.5 Å². The fourth-order valence-corrected chi connectivity index (χ4v) is 3.57. The van der Waals surface area contributed by atoms with Crippen LogP contribution in [0.15, 0.2) is 18.3 Å². The second-order valence-corrected chi connectivity index (χ2v) is 6.20. The lowest BCUT2D eigenvalue weighted by Gasteiger charge is -2.28. The molecule has 0 unspecified atom stereocenters. The average Bonchev–Trinajstić information content (AvgIpc) is 2.83. The summed E-state index contributed by atoms with van der Waals surface area (Å²) in [5.41, 5.74) is 5.94. The standard InChI is InChI=1S/C16H23N5O2/c1-2-20-8-7-12-4-5-13(10-20)21(12)16(23)19-11-3-6-14(15(17)22)18-9-11/h3,6,9,12-13H,2,4-5,7-8,10H2,1H3,(H2,17,22)(H,19,23)/t12-,13+/m1/s1. The van der Waals surface area contributed by atoms with Gasteiger partial charge in [0.05, 0.1) is 11.9 Å². The number of rotatable bonds is 3. The van der Waals surface area contributed by atoms with E-state index in [0.29, 0.717) is 11.7 Å². The summed E-state index contributed by atoms with van der Waals surface area (Å²) >= 11 is 0. The topological polar surface area (TPSA) is 91.6 Å². The summed E-state index contributed by atoms with van der Waals surface area (Å²) in [4.78, 5) is 32.1. The highest BCUT2D eigenvalue weighted by Crippen LogP contribution is 2.30. The van der Waals surface area contributed by atoms with Crippen molar-refractivity contribution in [2.75, 3.05) is 25.0 Å². The van der Waals surface area contributed by atoms with Gasteiger partial charge in [0.25, 0.3) is 5.91 Å². The van der Waals surface area contributed by atoms with Crippen LogP contribution in [-0.2, 0) is 0 Å². The van der Waals surface area contributed by atoms with Gasteiger partial charge in [-0.1, -0.05) is 6.92 Å². The molecule has 2 atom stereocenters. The number of primary amides is 1. The molecule has 0 saturated carbocycles. The lowest BCUT2D eigenvalue weighted by Crippen LogP contribution is -2.45. The highest BCUT2D eigenvalue weighted by Gasteiger charge is 2.39. The number of carbonyl (C=O) groups excluding carboxylic acids is 2. The van der Waals surface area contributed by atoms with Crippen molar-refractivity contribution in [3.8, 4) is 0 Å². The molecule has 2 aliphatic rings. The zero-order valence-electron chi connectivity index (χ0n) is 13.4. The van der Waals surface area contributed by atoms with E-state index in [9.17, 15) is 9.59 Å². The van der Waals surface area contributed by atoms with E-state index in [1.165, 1.54) is 12.3 Å². The summed E-state index contributed by atoms with van der Waals surface area (Å²) in [6, 6.07) is 3.69. The summed E-state index contributed by atoms with van der Waals surface area (Å²) in [6.07, 6.45) is 4.63. The van der Waals surface area contributed by atoms with Crippen LogP contribution in [0, 0.1) is 0 Å². The molecule has 3 heterocycles. The van der Waals surface area contributed by atoms with Gasteiger partial charge in [-0.3, -0.25) is 4.79 Å². The van der Waals surface area contributed by atoms with Gasteiger partial charge in [-0.15, -0.1) is 0 Å². The van der Waals surface area contributed by atoms with Gasteiger partial charge in [0.2, 0.25) is 0 Å². The number of hydrogen-bond donors (Lipinski definition) is 2. The van der Waals surface area contributed by atoms with Crippen LogP contribution in [-0.4, -0.2) is 58.4 Å². The molecule has 1 aromatic heterocycles. The minimum Gasteiger partial charge on any atom is -0.364 e. The zero-order valence-corrected chi connectivity index (χ0v) is 13.4. The van der Waals surface area contributed by atoms with Crippen LogP contribution in [0.3, 0.4) is 0 Å². The van der Waals surface area contributed by atoms with Gasteiger partial charge in [-0.25, -0.2) is 9.78 Å². The molecular weight excluding hydrogens is 294 g/mol. The maximum Gasteiger partial charge on any atom is 0.322 e. The van der Waals surface area contributed by atoms with Crippen molar-refractivity contribution in [2.24, 2.45) is 5.73 Å². The molecule has 0 radical (unpaired) electrons. The number of likely N-dealkylation sites (N-methyl/N-ethyl adjacent to an activating group) is 1. The average molecular weight is 317 g/mol. The number of carbonyl (C=O) groups is 2. The van der Waals surface area contributed by atoms with Gasteiger partial charge in [0, 0.05) is 25.2 Å². The molecular formula is C16H23N5O2. The third kappa shape index (κ3) is 3.29. The molecule has 3 amide bonds. The SMILES string of the molecule is CCN1CC[C@H]2CC[C@@H](C1)N2C(=O)Nc1ccc(C(N)=O)nc1. The maximum absolute atomic E-state index is 12.7. The van der Waals surface area contributed by atoms with Crippen LogP contribution >= 0.6 is 0 Å². The van der Waals surface area contributed by atoms with Crippen molar-refractivity contribution in [1.29, 1.82) is 0 Å². The van der Waals surface area contributed by atoms with E-state index < -0.39 is 5.91 Å². The molecule has 7 heteroatoms. The summed E-state index contributed by atoms with van der Waals surface area (Å²) in [6.45, 7) is 5.18. The molecule has 3 N–H and O–H groups in total. The normalized spacial score (nSPS) is 24.3. The van der Waals surface area contributed by atoms with Gasteiger partial charge >= 0.3 is 6.03 Å². The summed E-state index contributed by atoms with van der Waals surface area (Å²) in [7, 11) is 0. The molecule has 2 aliphatic heterocycles. The molecule has 0 aliphatic carbocycles. The Labute approximate surface area is 135 Å². The molecule has 0 spiro atoms. The van der Waals surface area contributed by atoms with Crippen LogP contribution in [0.2, 0.25) is 0 Å². The first-order valence-corrected chi connectivity index (χ1v) is 8.16. The summed E-state index contributed by atoms with van der Waals surface area (Å²) < 4.78 is 0. The first kappa shape index (κ1) is 15.7. The zero-order chi connectivity index (χ0) is 16.4. The van der Waals surface area contributed by atoms with E-state index in [1.54, 1.807) is 6.07 Å². The molecule has 7 nitrogen and oxygen atoms in total. The summed E-state index contributed by atoms with van der Waals surface area (Å²) in [5, 5.41) is 2.89. The van der Waals surface area contributed by atoms with E-state index in [0.717, 1.165) is 38.9 Å². The van der Waals surface area contributed by atoms with Gasteiger partial charge in [-0.05, 0) is 37.9 Å². The van der Waals surface area contributed by atoms with Crippen molar-refractivity contribution < 1.29 is 9.59 Å². The minimum absolute atomic E-state index is 0.0796. The number of anilines is 1. The molecule has 2 saturated heterocycles. The highest BCUT2D eigenvalue weighted by atomic mass is 16.2. The monoisotopic (exact) mass is 317 g/mol. The first-order valence-electron chi connectivity index (χ1n) is 8.16. The Kier molecular flexibility index (Phi) is 4.47. The Morgan fingerprint density at radius 3 is 2.74 bits per heavy atom. The molecule has 23 heavy (non-hydrogen) atoms. The van der Waals surface area contributed by atoms with Crippen molar-refractivity contribution in [1.82, 2.24) is 14.8 Å². The fourth-order valence-electron chi connectivity index (χ4n) is 3.57. The molecule has 2 fully saturated rings. The number of fused-ring (bicyclic) bond motifs is 2. The van der Waals surface area contributed by atoms with Gasteiger partial charge in [0.1, 0.15) is 5.69 Å². The van der Waals surface area contributed by atoms with E-state index in [1.807, 2.05) is 4.90 Å². The number of hydrogen-bond acceptors (Lipinski definition) is 4. The van der Waals surface area contributed by atoms with E-state index in [4.69, 9.17) is 5.73 Å². The molecule has 0 aromatic carbocycles. The van der Waals surface area contributed by atoms with Crippen LogP contribution < -0.4 is 11.1 Å². The maximum atomic E-state index is 12.7. The predicted molar refractivity (Wildman–Crippen MR) is 87.2 cm³/mol. The summed E-state index contributed by atoms with van der Waals surface area (Å²) in [5.74, 6) is -0.576. The van der Waals surface area contributed by atoms with Gasteiger partial charge < -0.3 is 20.9 Å². The smallest absolute Gasteiger partial charge is 0.322 e. The number of nitrogens with two attached hydrogens (primary N) is 1. The Morgan fingerprint density at radius 1 is 1.30 bits per heavy atom. The van der Waals surface area contributed by atoms with E-state index in [-0.39, 0.29) is 17.8 Å². The first-order chi connectivity index (χ1) is 11.1. The fraction of sp³-hybridized carbons (Fsp3) is 0.562. The largest absolute Gasteiger partial charge is 0.364 e. The number of pyridine rings is 1. The second-order valence-electron chi connectivity index (χ2n) is 6.20. The van der Waals surface area contributed by atoms with Crippen molar-refractivity contribution in [3.63, 3.8) is 0 Å². The van der Waals surface area contributed by atoms with Crippen molar-refractivity contribution in [2.45, 2.75) is 38.3 Å². The molecule has 1 aromatic rings. The number of amides is 3. The number of nitrogens with zero attached hydrogens (tertiary/aromatic N) is 3. The van der Waals surface area contributed by atoms with Crippen LogP contribution in [0.5, 0.6) is 0 Å². The molecule has 3 rings (SSSR count). The lowest BCUT2D eigenvalue weighted by atomic mass is 10.1. The molecule has 2 bridgehead atoms. The van der Waals surface area contributed by atoms with Crippen molar-refractivity contribution >= 4 is 17.6 Å². The van der Waals surface area contributed by atoms with Crippen molar-refractivity contribution in [3.05, 3.63) is 24.0 Å². The number of urea groups is 1. The quantitative estimate of drug-likeness (QED) is 0.878. The Hall–Kier alpha value is -2.15. The third-order valence-corrected chi connectivity index (χ3v) is 4.82. The number of nitrogens with one attached hydrogen (secondary N) is 1. The molecule has 124 valence electrons. The number of aromatic nitrogens is 1. The van der Waals surface area contributed by atoms with Gasteiger partial charge in [0.15, 0.2) is 0 Å². The predicted octanol–water partition coefficient (Wildman–Crippen LogP) is 1.27. The number of likely N-dealkylation sites (tertiary alicyclic amines) is 1. The van der Waals surface area contributed by atoms with E-state index >= 15 is 0 Å². The Balaban J connectivity index is 1.69. The highest BCUT2D eigenvalue weighted by molar-refractivity contribution is 5.92. The Morgan fingerprint density at radius 2 is 2.09 bits per heavy atom. The minimum atomic E-state index is -0.576.